The van der Waals surface area contributed by atoms with Crippen LogP contribution in [0.5, 0.6) is 0 Å². The first-order valence-electron chi connectivity index (χ1n) is 7.38. The van der Waals surface area contributed by atoms with Gasteiger partial charge in [-0.2, -0.15) is 0 Å². The summed E-state index contributed by atoms with van der Waals surface area (Å²) in [5.74, 6) is -0.362. The van der Waals surface area contributed by atoms with Crippen molar-refractivity contribution in [2.24, 2.45) is 0 Å². The number of aromatic nitrogens is 2. The smallest absolute Gasteiger partial charge is 0.406 e. The van der Waals surface area contributed by atoms with E-state index in [1.54, 1.807) is 19.2 Å². The van der Waals surface area contributed by atoms with Gasteiger partial charge in [0.05, 0.1) is 11.4 Å². The number of nitrogens with zero attached hydrogens (tertiary/aromatic N) is 2. The van der Waals surface area contributed by atoms with E-state index in [2.05, 4.69) is 25.3 Å². The van der Waals surface area contributed by atoms with E-state index in [1.807, 2.05) is 0 Å². The second-order valence-electron chi connectivity index (χ2n) is 5.24. The second kappa shape index (κ2) is 8.22. The molecule has 0 spiro atoms. The maximum absolute atomic E-state index is 12.2. The Balaban J connectivity index is 1.94. The van der Waals surface area contributed by atoms with Crippen molar-refractivity contribution >= 4 is 0 Å². The fourth-order valence-electron chi connectivity index (χ4n) is 2.23. The molecule has 0 saturated heterocycles. The van der Waals surface area contributed by atoms with Crippen LogP contribution in [0.4, 0.5) is 13.2 Å². The first-order valence-corrected chi connectivity index (χ1v) is 7.38. The van der Waals surface area contributed by atoms with Crippen molar-refractivity contribution in [1.82, 2.24) is 20.6 Å². The van der Waals surface area contributed by atoms with Crippen LogP contribution >= 0.6 is 0 Å². The Morgan fingerprint density at radius 3 is 2.83 bits per heavy atom. The molecule has 132 valence electrons. The summed E-state index contributed by atoms with van der Waals surface area (Å²) < 4.78 is 40.4. The van der Waals surface area contributed by atoms with Crippen molar-refractivity contribution in [2.45, 2.75) is 31.5 Å². The number of ether oxygens (including phenoxy) is 1. The highest BCUT2D eigenvalue weighted by atomic mass is 19.4. The van der Waals surface area contributed by atoms with Crippen LogP contribution in [0.3, 0.4) is 0 Å². The molecule has 2 atom stereocenters. The SMILES string of the molecule is CNCC(O)NCc1cc(C2C=CC(OC(F)(F)F)=CC2)ncn1. The third-order valence-corrected chi connectivity index (χ3v) is 3.34. The number of aliphatic hydroxyl groups excluding tert-OH is 1. The van der Waals surface area contributed by atoms with Crippen molar-refractivity contribution in [3.05, 3.63) is 47.8 Å². The molecule has 6 nitrogen and oxygen atoms in total. The van der Waals surface area contributed by atoms with Crippen LogP contribution in [0.2, 0.25) is 0 Å². The lowest BCUT2D eigenvalue weighted by Crippen LogP contribution is -2.36. The maximum Gasteiger partial charge on any atom is 0.573 e. The minimum Gasteiger partial charge on any atom is -0.406 e. The number of halogens is 3. The zero-order valence-corrected chi connectivity index (χ0v) is 13.0. The van der Waals surface area contributed by atoms with Gasteiger partial charge in [-0.15, -0.1) is 13.2 Å². The summed E-state index contributed by atoms with van der Waals surface area (Å²) in [6.07, 6.45) is 0.659. The lowest BCUT2D eigenvalue weighted by Gasteiger charge is -2.18. The van der Waals surface area contributed by atoms with Crippen molar-refractivity contribution in [2.75, 3.05) is 13.6 Å². The Kier molecular flexibility index (Phi) is 6.29. The maximum atomic E-state index is 12.2. The van der Waals surface area contributed by atoms with Crippen LogP contribution in [-0.4, -0.2) is 41.3 Å². The molecular formula is C15H19F3N4O2. The molecule has 0 aliphatic heterocycles. The fraction of sp³-hybridized carbons (Fsp3) is 0.467. The predicted molar refractivity (Wildman–Crippen MR) is 80.5 cm³/mol. The van der Waals surface area contributed by atoms with Crippen LogP contribution in [0.25, 0.3) is 0 Å². The van der Waals surface area contributed by atoms with E-state index in [0.29, 0.717) is 30.9 Å². The topological polar surface area (TPSA) is 79.3 Å². The molecule has 3 N–H and O–H groups in total. The Morgan fingerprint density at radius 2 is 2.21 bits per heavy atom. The van der Waals surface area contributed by atoms with Gasteiger partial charge in [-0.05, 0) is 31.7 Å². The van der Waals surface area contributed by atoms with E-state index in [0.717, 1.165) is 0 Å². The molecule has 1 aliphatic rings. The van der Waals surface area contributed by atoms with Gasteiger partial charge in [0.2, 0.25) is 0 Å². The lowest BCUT2D eigenvalue weighted by atomic mass is 9.96. The van der Waals surface area contributed by atoms with Gasteiger partial charge >= 0.3 is 6.36 Å². The van der Waals surface area contributed by atoms with Gasteiger partial charge in [-0.25, -0.2) is 9.97 Å². The highest BCUT2D eigenvalue weighted by molar-refractivity contribution is 5.27. The lowest BCUT2D eigenvalue weighted by molar-refractivity contribution is -0.303. The van der Waals surface area contributed by atoms with E-state index in [-0.39, 0.29) is 11.7 Å². The fourth-order valence-corrected chi connectivity index (χ4v) is 2.23. The molecule has 2 rings (SSSR count). The van der Waals surface area contributed by atoms with Crippen molar-refractivity contribution in [3.63, 3.8) is 0 Å². The number of rotatable bonds is 7. The van der Waals surface area contributed by atoms with Crippen LogP contribution < -0.4 is 10.6 Å². The Morgan fingerprint density at radius 1 is 1.42 bits per heavy atom. The molecule has 2 unspecified atom stereocenters. The quantitative estimate of drug-likeness (QED) is 0.652. The Bertz CT molecular complexity index is 605. The molecule has 1 aliphatic carbocycles. The van der Waals surface area contributed by atoms with E-state index < -0.39 is 12.6 Å². The normalized spacial score (nSPS) is 19.0. The van der Waals surface area contributed by atoms with Crippen molar-refractivity contribution < 1.29 is 23.0 Å². The zero-order valence-electron chi connectivity index (χ0n) is 13.0. The van der Waals surface area contributed by atoms with E-state index in [9.17, 15) is 18.3 Å². The van der Waals surface area contributed by atoms with E-state index in [4.69, 9.17) is 0 Å². The summed E-state index contributed by atoms with van der Waals surface area (Å²) in [7, 11) is 1.73. The largest absolute Gasteiger partial charge is 0.573 e. The molecule has 0 aromatic carbocycles. The zero-order chi connectivity index (χ0) is 17.6. The predicted octanol–water partition coefficient (Wildman–Crippen LogP) is 1.57. The van der Waals surface area contributed by atoms with Gasteiger partial charge in [-0.3, -0.25) is 5.32 Å². The number of nitrogens with one attached hydrogen (secondary N) is 2. The van der Waals surface area contributed by atoms with Crippen LogP contribution in [0, 0.1) is 0 Å². The molecule has 1 heterocycles. The average molecular weight is 344 g/mol. The highest BCUT2D eigenvalue weighted by Crippen LogP contribution is 2.29. The van der Waals surface area contributed by atoms with E-state index >= 15 is 0 Å². The number of hydrogen-bond acceptors (Lipinski definition) is 6. The molecule has 0 fully saturated rings. The second-order valence-corrected chi connectivity index (χ2v) is 5.24. The Hall–Kier alpha value is -1.97. The summed E-state index contributed by atoms with van der Waals surface area (Å²) >= 11 is 0. The summed E-state index contributed by atoms with van der Waals surface area (Å²) in [5.41, 5.74) is 1.38. The van der Waals surface area contributed by atoms with Gasteiger partial charge < -0.3 is 15.2 Å². The number of likely N-dealkylation sites (N-methyl/N-ethyl adjacent to an activating group) is 1. The third kappa shape index (κ3) is 5.91. The third-order valence-electron chi connectivity index (χ3n) is 3.34. The molecule has 24 heavy (non-hydrogen) atoms. The molecule has 0 saturated carbocycles. The van der Waals surface area contributed by atoms with Crippen LogP contribution in [0.15, 0.2) is 36.4 Å². The molecule has 0 bridgehead atoms. The summed E-state index contributed by atoms with van der Waals surface area (Å²) in [6, 6.07) is 1.76. The first kappa shape index (κ1) is 18.4. The molecule has 9 heteroatoms. The van der Waals surface area contributed by atoms with Gasteiger partial charge in [0.15, 0.2) is 0 Å². The Labute approximate surface area is 137 Å². The highest BCUT2D eigenvalue weighted by Gasteiger charge is 2.32. The van der Waals surface area contributed by atoms with Gasteiger partial charge in [0.25, 0.3) is 0 Å². The summed E-state index contributed by atoms with van der Waals surface area (Å²) in [6.45, 7) is 0.753. The standard InChI is InChI=1S/C15H19F3N4O2/c1-19-8-14(23)20-7-11-6-13(22-9-21-11)10-2-4-12(5-3-10)24-15(16,17)18/h2,4-6,9-10,14,19-20,23H,3,7-8H2,1H3. The van der Waals surface area contributed by atoms with Crippen LogP contribution in [0.1, 0.15) is 23.7 Å². The minimum atomic E-state index is -4.69. The first-order chi connectivity index (χ1) is 11.4. The van der Waals surface area contributed by atoms with Crippen molar-refractivity contribution in [3.8, 4) is 0 Å². The summed E-state index contributed by atoms with van der Waals surface area (Å²) in [4.78, 5) is 8.28. The molecule has 1 aromatic heterocycles. The van der Waals surface area contributed by atoms with Crippen LogP contribution in [-0.2, 0) is 11.3 Å². The van der Waals surface area contributed by atoms with Gasteiger partial charge in [0, 0.05) is 19.0 Å². The van der Waals surface area contributed by atoms with Gasteiger partial charge in [-0.1, -0.05) is 6.08 Å². The number of allylic oxidation sites excluding steroid dienone is 3. The monoisotopic (exact) mass is 344 g/mol. The molecule has 1 aromatic rings. The number of aliphatic hydroxyl groups is 1. The van der Waals surface area contributed by atoms with Crippen molar-refractivity contribution in [1.29, 1.82) is 0 Å². The molecular weight excluding hydrogens is 325 g/mol. The molecule has 0 amide bonds. The summed E-state index contributed by atoms with van der Waals surface area (Å²) in [5, 5.41) is 15.3. The number of alkyl halides is 3. The molecule has 0 radical (unpaired) electrons. The van der Waals surface area contributed by atoms with E-state index in [1.165, 1.54) is 18.5 Å². The minimum absolute atomic E-state index is 0.144. The van der Waals surface area contributed by atoms with Gasteiger partial charge in [0.1, 0.15) is 18.3 Å². The average Bonchev–Trinajstić information content (AvgIpc) is 2.53. The number of hydrogen-bond donors (Lipinski definition) is 3.